The second-order valence-electron chi connectivity index (χ2n) is 13.0. The maximum absolute atomic E-state index is 13.7. The Morgan fingerprint density at radius 2 is 1.57 bits per heavy atom. The Bertz CT molecular complexity index is 1280. The summed E-state index contributed by atoms with van der Waals surface area (Å²) in [5.74, 6) is -1.97. The van der Waals surface area contributed by atoms with Crippen LogP contribution in [0.15, 0.2) is 42.5 Å². The highest BCUT2D eigenvalue weighted by atomic mass is 19.3. The molecule has 2 fully saturated rings. The summed E-state index contributed by atoms with van der Waals surface area (Å²) in [6.45, 7) is 8.37. The third-order valence-electron chi connectivity index (χ3n) is 9.25. The number of ether oxygens (including phenoxy) is 2. The van der Waals surface area contributed by atoms with E-state index in [0.717, 1.165) is 19.3 Å². The predicted molar refractivity (Wildman–Crippen MR) is 165 cm³/mol. The van der Waals surface area contributed by atoms with Gasteiger partial charge in [-0.15, -0.1) is 0 Å². The molecule has 2 amide bonds. The number of carbonyl (C=O) groups is 2. The van der Waals surface area contributed by atoms with E-state index in [1.807, 2.05) is 0 Å². The first-order valence-electron chi connectivity index (χ1n) is 15.7. The fourth-order valence-corrected chi connectivity index (χ4v) is 5.94. The third kappa shape index (κ3) is 8.61. The maximum Gasteiger partial charge on any atom is 0.321 e. The smallest absolute Gasteiger partial charge is 0.321 e. The number of carboxylic acid groups (broad SMARTS) is 1. The van der Waals surface area contributed by atoms with Gasteiger partial charge in [-0.2, -0.15) is 0 Å². The van der Waals surface area contributed by atoms with Crippen LogP contribution in [0.1, 0.15) is 91.0 Å². The Balaban J connectivity index is 1.48. The summed E-state index contributed by atoms with van der Waals surface area (Å²) in [7, 11) is 0. The number of hydrogen-bond acceptors (Lipinski definition) is 5. The van der Waals surface area contributed by atoms with Crippen LogP contribution in [-0.2, 0) is 10.2 Å². The van der Waals surface area contributed by atoms with Gasteiger partial charge >= 0.3 is 12.0 Å². The van der Waals surface area contributed by atoms with E-state index < -0.39 is 22.9 Å². The Morgan fingerprint density at radius 1 is 0.977 bits per heavy atom. The Morgan fingerprint density at radius 3 is 2.14 bits per heavy atom. The van der Waals surface area contributed by atoms with Crippen LogP contribution in [0.25, 0.3) is 0 Å². The summed E-state index contributed by atoms with van der Waals surface area (Å²) in [5.41, 5.74) is -0.804. The van der Waals surface area contributed by atoms with Crippen LogP contribution >= 0.6 is 0 Å². The molecule has 2 aromatic rings. The van der Waals surface area contributed by atoms with Crippen LogP contribution in [0.2, 0.25) is 0 Å². The minimum atomic E-state index is -2.68. The molecule has 1 heterocycles. The molecule has 1 aliphatic carbocycles. The van der Waals surface area contributed by atoms with Gasteiger partial charge in [0.2, 0.25) is 5.92 Å². The lowest BCUT2D eigenvalue weighted by Gasteiger charge is -2.39. The number of nitrogens with zero attached hydrogens (tertiary/aromatic N) is 1. The molecule has 3 N–H and O–H groups in total. The van der Waals surface area contributed by atoms with E-state index in [9.17, 15) is 28.6 Å². The van der Waals surface area contributed by atoms with Gasteiger partial charge in [0.05, 0.1) is 17.1 Å². The zero-order valence-corrected chi connectivity index (χ0v) is 26.2. The molecule has 44 heavy (non-hydrogen) atoms. The molecule has 0 aromatic heterocycles. The predicted octanol–water partition coefficient (Wildman–Crippen LogP) is 7.98. The molecular formula is C34H46F2N2O6. The number of urea groups is 1. The molecule has 8 nitrogen and oxygen atoms in total. The molecule has 2 aliphatic rings. The molecule has 0 spiro atoms. The van der Waals surface area contributed by atoms with Gasteiger partial charge in [-0.25, -0.2) is 13.6 Å². The van der Waals surface area contributed by atoms with Crippen LogP contribution in [0.4, 0.5) is 19.3 Å². The average molecular weight is 617 g/mol. The van der Waals surface area contributed by atoms with E-state index in [1.54, 1.807) is 61.2 Å². The summed E-state index contributed by atoms with van der Waals surface area (Å²) in [5, 5.41) is 23.6. The second-order valence-corrected chi connectivity index (χ2v) is 13.0. The first kappa shape index (κ1) is 33.5. The van der Waals surface area contributed by atoms with Crippen LogP contribution in [0.3, 0.4) is 0 Å². The lowest BCUT2D eigenvalue weighted by Crippen LogP contribution is -2.48. The minimum absolute atomic E-state index is 0.216. The zero-order valence-electron chi connectivity index (χ0n) is 26.2. The first-order valence-corrected chi connectivity index (χ1v) is 15.7. The lowest BCUT2D eigenvalue weighted by atomic mass is 9.81. The number of nitrogens with one attached hydrogen (secondary N) is 1. The van der Waals surface area contributed by atoms with Crippen molar-refractivity contribution in [3.05, 3.63) is 48.0 Å². The summed E-state index contributed by atoms with van der Waals surface area (Å²) in [6, 6.07) is 11.4. The molecule has 1 saturated carbocycles. The number of piperidine rings is 1. The highest BCUT2D eigenvalue weighted by Gasteiger charge is 2.37. The topological polar surface area (TPSA) is 108 Å². The largest absolute Gasteiger partial charge is 0.490 e. The summed E-state index contributed by atoms with van der Waals surface area (Å²) < 4.78 is 39.6. The number of anilines is 1. The van der Waals surface area contributed by atoms with Crippen LogP contribution in [-0.4, -0.2) is 57.8 Å². The average Bonchev–Trinajstić information content (AvgIpc) is 2.97. The molecule has 1 aliphatic heterocycles. The summed E-state index contributed by atoms with van der Waals surface area (Å²) in [6.07, 6.45) is 3.34. The molecule has 10 heteroatoms. The first-order chi connectivity index (χ1) is 20.7. The Hall–Kier alpha value is -3.40. The van der Waals surface area contributed by atoms with Gasteiger partial charge in [-0.05, 0) is 69.6 Å². The number of carbonyl (C=O) groups excluding carboxylic acids is 1. The molecular weight excluding hydrogens is 570 g/mol. The van der Waals surface area contributed by atoms with Crippen molar-refractivity contribution in [3.63, 3.8) is 0 Å². The normalized spacial score (nSPS) is 18.6. The highest BCUT2D eigenvalue weighted by molar-refractivity contribution is 5.90. The number of hydrogen-bond donors (Lipinski definition) is 3. The summed E-state index contributed by atoms with van der Waals surface area (Å²) >= 11 is 0. The fourth-order valence-electron chi connectivity index (χ4n) is 5.94. The van der Waals surface area contributed by atoms with Crippen LogP contribution < -0.4 is 14.8 Å². The zero-order chi connectivity index (χ0) is 32.1. The lowest BCUT2D eigenvalue weighted by molar-refractivity contribution is -0.142. The van der Waals surface area contributed by atoms with E-state index in [4.69, 9.17) is 9.47 Å². The Kier molecular flexibility index (Phi) is 10.4. The van der Waals surface area contributed by atoms with Crippen LogP contribution in [0, 0.1) is 5.92 Å². The highest BCUT2D eigenvalue weighted by Crippen LogP contribution is 2.37. The molecule has 0 atom stereocenters. The molecule has 242 valence electrons. The fraction of sp³-hybridized carbons (Fsp3) is 0.588. The van der Waals surface area contributed by atoms with Gasteiger partial charge in [-0.1, -0.05) is 38.8 Å². The summed E-state index contributed by atoms with van der Waals surface area (Å²) in [4.78, 5) is 26.6. The molecule has 0 unspecified atom stereocenters. The molecule has 0 radical (unpaired) electrons. The van der Waals surface area contributed by atoms with Crippen molar-refractivity contribution in [1.29, 1.82) is 0 Å². The van der Waals surface area contributed by atoms with E-state index in [1.165, 1.54) is 0 Å². The minimum Gasteiger partial charge on any atom is -0.490 e. The van der Waals surface area contributed by atoms with Crippen molar-refractivity contribution >= 4 is 17.7 Å². The standard InChI is InChI=1S/C34H46F2N2O6/c1-5-23(6-2)22-33(42)15-17-38(18-16-33)31(41)37-25-19-28(21-29(20-25)44-27-11-13-34(35,36)14-12-27)43-26-9-7-24(8-10-26)32(3,4)30(39)40/h7-10,19-21,23,27,42H,5-6,11-18,22H2,1-4H3,(H,37,41)(H,39,40). The molecule has 4 rings (SSSR count). The van der Waals surface area contributed by atoms with Crippen molar-refractivity contribution in [3.8, 4) is 17.2 Å². The van der Waals surface area contributed by atoms with Crippen molar-refractivity contribution in [2.24, 2.45) is 5.92 Å². The van der Waals surface area contributed by atoms with E-state index >= 15 is 0 Å². The number of aliphatic carboxylic acids is 1. The quantitative estimate of drug-likeness (QED) is 0.236. The second kappa shape index (κ2) is 13.7. The number of halogens is 2. The number of alkyl halides is 2. The van der Waals surface area contributed by atoms with Gasteiger partial charge in [0.15, 0.2) is 0 Å². The van der Waals surface area contributed by atoms with E-state index in [-0.39, 0.29) is 37.8 Å². The van der Waals surface area contributed by atoms with Gasteiger partial charge < -0.3 is 29.9 Å². The van der Waals surface area contributed by atoms with Crippen molar-refractivity contribution in [2.75, 3.05) is 18.4 Å². The number of carboxylic acids is 1. The number of aliphatic hydroxyl groups is 1. The number of benzene rings is 2. The number of rotatable bonds is 11. The van der Waals surface area contributed by atoms with Crippen molar-refractivity contribution < 1.29 is 38.1 Å². The number of likely N-dealkylation sites (tertiary alicyclic amines) is 1. The van der Waals surface area contributed by atoms with E-state index in [0.29, 0.717) is 60.3 Å². The van der Waals surface area contributed by atoms with Crippen molar-refractivity contribution in [1.82, 2.24) is 4.90 Å². The van der Waals surface area contributed by atoms with Gasteiger partial charge in [0.25, 0.3) is 0 Å². The van der Waals surface area contributed by atoms with E-state index in [2.05, 4.69) is 19.2 Å². The Labute approximate surface area is 258 Å². The third-order valence-corrected chi connectivity index (χ3v) is 9.25. The maximum atomic E-state index is 13.7. The van der Waals surface area contributed by atoms with Gasteiger partial charge in [-0.3, -0.25) is 4.79 Å². The van der Waals surface area contributed by atoms with Crippen LogP contribution in [0.5, 0.6) is 17.2 Å². The van der Waals surface area contributed by atoms with Gasteiger partial charge in [0.1, 0.15) is 17.2 Å². The van der Waals surface area contributed by atoms with Gasteiger partial charge in [0, 0.05) is 49.8 Å². The van der Waals surface area contributed by atoms with Crippen molar-refractivity contribution in [2.45, 2.75) is 109 Å². The monoisotopic (exact) mass is 616 g/mol. The molecule has 0 bridgehead atoms. The SMILES string of the molecule is CCC(CC)CC1(O)CCN(C(=O)Nc2cc(Oc3ccc(C(C)(C)C(=O)O)cc3)cc(OC3CCC(F)(F)CC3)c2)CC1. The molecule has 1 saturated heterocycles. The number of amides is 2. The molecule has 2 aromatic carbocycles.